The lowest BCUT2D eigenvalue weighted by molar-refractivity contribution is 0.145. The summed E-state index contributed by atoms with van der Waals surface area (Å²) >= 11 is 0. The largest absolute Gasteiger partial charge is 0.385 e. The molecule has 0 atom stereocenters. The first-order chi connectivity index (χ1) is 7.97. The molecule has 0 aromatic carbocycles. The normalized spacial score (nSPS) is 20.5. The number of nitrogens with one attached hydrogen (secondary N) is 2. The Balaban J connectivity index is 2.21. The van der Waals surface area contributed by atoms with Crippen molar-refractivity contribution in [1.29, 1.82) is 0 Å². The van der Waals surface area contributed by atoms with Crippen molar-refractivity contribution in [1.82, 2.24) is 10.6 Å². The molecule has 1 aliphatic heterocycles. The molecule has 0 spiro atoms. The van der Waals surface area contributed by atoms with Crippen LogP contribution in [0.25, 0.3) is 0 Å². The Labute approximate surface area is 107 Å². The van der Waals surface area contributed by atoms with E-state index in [-0.39, 0.29) is 0 Å². The molecule has 1 heterocycles. The SMILES string of the molecule is COCCC(C)(C)CNCC1(C)CCNCC1. The third kappa shape index (κ3) is 5.84. The van der Waals surface area contributed by atoms with Crippen LogP contribution in [-0.4, -0.2) is 39.9 Å². The van der Waals surface area contributed by atoms with Gasteiger partial charge in [0.2, 0.25) is 0 Å². The maximum absolute atomic E-state index is 5.16. The van der Waals surface area contributed by atoms with Crippen LogP contribution in [0.1, 0.15) is 40.0 Å². The van der Waals surface area contributed by atoms with Crippen LogP contribution < -0.4 is 10.6 Å². The standard InChI is InChI=1S/C14H30N2O/c1-13(2,7-10-17-4)11-16-12-14(3)5-8-15-9-6-14/h15-16H,5-12H2,1-4H3. The van der Waals surface area contributed by atoms with Crippen molar-refractivity contribution in [2.75, 3.05) is 39.9 Å². The molecule has 0 unspecified atom stereocenters. The molecule has 0 aliphatic carbocycles. The van der Waals surface area contributed by atoms with Crippen LogP contribution in [0.3, 0.4) is 0 Å². The second-order valence-corrected chi connectivity index (χ2v) is 6.57. The Morgan fingerprint density at radius 2 is 1.94 bits per heavy atom. The number of rotatable bonds is 7. The number of hydrogen-bond donors (Lipinski definition) is 2. The fraction of sp³-hybridized carbons (Fsp3) is 1.00. The van der Waals surface area contributed by atoms with Gasteiger partial charge in [-0.25, -0.2) is 0 Å². The molecular weight excluding hydrogens is 212 g/mol. The van der Waals surface area contributed by atoms with E-state index in [1.54, 1.807) is 7.11 Å². The van der Waals surface area contributed by atoms with E-state index < -0.39 is 0 Å². The van der Waals surface area contributed by atoms with E-state index in [4.69, 9.17) is 4.74 Å². The lowest BCUT2D eigenvalue weighted by Gasteiger charge is -2.35. The van der Waals surface area contributed by atoms with Gasteiger partial charge in [0.1, 0.15) is 0 Å². The Kier molecular flexibility index (Phi) is 5.90. The maximum Gasteiger partial charge on any atom is 0.0467 e. The van der Waals surface area contributed by atoms with E-state index in [1.165, 1.54) is 25.9 Å². The van der Waals surface area contributed by atoms with Gasteiger partial charge in [-0.2, -0.15) is 0 Å². The molecule has 2 N–H and O–H groups in total. The van der Waals surface area contributed by atoms with Crippen molar-refractivity contribution < 1.29 is 4.74 Å². The summed E-state index contributed by atoms with van der Waals surface area (Å²) < 4.78 is 5.16. The third-order valence-electron chi connectivity index (χ3n) is 3.95. The first-order valence-corrected chi connectivity index (χ1v) is 6.88. The minimum absolute atomic E-state index is 0.333. The zero-order chi connectivity index (χ0) is 12.8. The molecule has 3 nitrogen and oxygen atoms in total. The summed E-state index contributed by atoms with van der Waals surface area (Å²) in [6.45, 7) is 12.5. The van der Waals surface area contributed by atoms with E-state index in [9.17, 15) is 0 Å². The van der Waals surface area contributed by atoms with Crippen molar-refractivity contribution >= 4 is 0 Å². The lowest BCUT2D eigenvalue weighted by atomic mass is 9.80. The van der Waals surface area contributed by atoms with Gasteiger partial charge >= 0.3 is 0 Å². The van der Waals surface area contributed by atoms with Crippen LogP contribution in [0.2, 0.25) is 0 Å². The molecule has 102 valence electrons. The zero-order valence-corrected chi connectivity index (χ0v) is 12.1. The van der Waals surface area contributed by atoms with Crippen LogP contribution in [0.5, 0.6) is 0 Å². The molecule has 0 bridgehead atoms. The number of methoxy groups -OCH3 is 1. The predicted octanol–water partition coefficient (Wildman–Crippen LogP) is 2.03. The molecule has 0 amide bonds. The van der Waals surface area contributed by atoms with Gasteiger partial charge in [-0.3, -0.25) is 0 Å². The Bertz CT molecular complexity index is 210. The number of piperidine rings is 1. The summed E-state index contributed by atoms with van der Waals surface area (Å²) in [6, 6.07) is 0. The molecule has 17 heavy (non-hydrogen) atoms. The monoisotopic (exact) mass is 242 g/mol. The average Bonchev–Trinajstić information content (AvgIpc) is 2.27. The summed E-state index contributed by atoms with van der Waals surface area (Å²) in [7, 11) is 1.78. The van der Waals surface area contributed by atoms with E-state index >= 15 is 0 Å². The van der Waals surface area contributed by atoms with Gasteiger partial charge in [-0.05, 0) is 43.2 Å². The maximum atomic E-state index is 5.16. The summed E-state index contributed by atoms with van der Waals surface area (Å²) in [6.07, 6.45) is 3.70. The molecule has 1 saturated heterocycles. The summed E-state index contributed by atoms with van der Waals surface area (Å²) in [5, 5.41) is 7.09. The van der Waals surface area contributed by atoms with Gasteiger partial charge in [0, 0.05) is 26.8 Å². The number of hydrogen-bond acceptors (Lipinski definition) is 3. The minimum atomic E-state index is 0.333. The van der Waals surface area contributed by atoms with E-state index in [0.717, 1.165) is 26.1 Å². The van der Waals surface area contributed by atoms with Crippen LogP contribution in [0.15, 0.2) is 0 Å². The number of ether oxygens (including phenoxy) is 1. The lowest BCUT2D eigenvalue weighted by Crippen LogP contribution is -2.43. The quantitative estimate of drug-likeness (QED) is 0.717. The Morgan fingerprint density at radius 3 is 2.53 bits per heavy atom. The highest BCUT2D eigenvalue weighted by Crippen LogP contribution is 2.27. The third-order valence-corrected chi connectivity index (χ3v) is 3.95. The van der Waals surface area contributed by atoms with Gasteiger partial charge in [-0.15, -0.1) is 0 Å². The summed E-state index contributed by atoms with van der Waals surface area (Å²) in [5.74, 6) is 0. The van der Waals surface area contributed by atoms with Crippen molar-refractivity contribution in [3.05, 3.63) is 0 Å². The fourth-order valence-electron chi connectivity index (χ4n) is 2.38. The smallest absolute Gasteiger partial charge is 0.0467 e. The van der Waals surface area contributed by atoms with Crippen LogP contribution in [-0.2, 0) is 4.74 Å². The summed E-state index contributed by atoms with van der Waals surface area (Å²) in [5.41, 5.74) is 0.821. The molecule has 0 radical (unpaired) electrons. The molecule has 3 heteroatoms. The topological polar surface area (TPSA) is 33.3 Å². The molecule has 0 saturated carbocycles. The highest BCUT2D eigenvalue weighted by molar-refractivity contribution is 4.83. The Hall–Kier alpha value is -0.120. The molecule has 1 rings (SSSR count). The first kappa shape index (κ1) is 14.9. The van der Waals surface area contributed by atoms with E-state index in [2.05, 4.69) is 31.4 Å². The van der Waals surface area contributed by atoms with Crippen LogP contribution in [0, 0.1) is 10.8 Å². The van der Waals surface area contributed by atoms with Crippen molar-refractivity contribution in [3.8, 4) is 0 Å². The van der Waals surface area contributed by atoms with Gasteiger partial charge < -0.3 is 15.4 Å². The van der Waals surface area contributed by atoms with Crippen molar-refractivity contribution in [3.63, 3.8) is 0 Å². The van der Waals surface area contributed by atoms with Gasteiger partial charge in [0.05, 0.1) is 0 Å². The molecular formula is C14H30N2O. The highest BCUT2D eigenvalue weighted by atomic mass is 16.5. The molecule has 1 fully saturated rings. The second kappa shape index (κ2) is 6.72. The van der Waals surface area contributed by atoms with Gasteiger partial charge in [0.15, 0.2) is 0 Å². The second-order valence-electron chi connectivity index (χ2n) is 6.57. The highest BCUT2D eigenvalue weighted by Gasteiger charge is 2.27. The van der Waals surface area contributed by atoms with E-state index in [1.807, 2.05) is 0 Å². The average molecular weight is 242 g/mol. The van der Waals surface area contributed by atoms with Crippen LogP contribution >= 0.6 is 0 Å². The van der Waals surface area contributed by atoms with Crippen molar-refractivity contribution in [2.45, 2.75) is 40.0 Å². The predicted molar refractivity (Wildman–Crippen MR) is 73.4 cm³/mol. The van der Waals surface area contributed by atoms with Gasteiger partial charge in [0.25, 0.3) is 0 Å². The van der Waals surface area contributed by atoms with Gasteiger partial charge in [-0.1, -0.05) is 20.8 Å². The molecule has 0 aromatic rings. The first-order valence-electron chi connectivity index (χ1n) is 6.88. The zero-order valence-electron chi connectivity index (χ0n) is 12.1. The fourth-order valence-corrected chi connectivity index (χ4v) is 2.38. The van der Waals surface area contributed by atoms with Crippen LogP contribution in [0.4, 0.5) is 0 Å². The van der Waals surface area contributed by atoms with E-state index in [0.29, 0.717) is 10.8 Å². The molecule has 1 aliphatic rings. The summed E-state index contributed by atoms with van der Waals surface area (Å²) in [4.78, 5) is 0. The molecule has 0 aromatic heterocycles. The minimum Gasteiger partial charge on any atom is -0.385 e. The Morgan fingerprint density at radius 1 is 1.29 bits per heavy atom. The van der Waals surface area contributed by atoms with Crippen molar-refractivity contribution in [2.24, 2.45) is 10.8 Å².